The van der Waals surface area contributed by atoms with Gasteiger partial charge < -0.3 is 9.72 Å². The third-order valence-corrected chi connectivity index (χ3v) is 2.61. The van der Waals surface area contributed by atoms with Crippen LogP contribution in [0.3, 0.4) is 0 Å². The van der Waals surface area contributed by atoms with Gasteiger partial charge in [0.05, 0.1) is 12.8 Å². The number of hydrogen-bond donors (Lipinski definition) is 1. The van der Waals surface area contributed by atoms with Gasteiger partial charge in [0.1, 0.15) is 5.69 Å². The summed E-state index contributed by atoms with van der Waals surface area (Å²) in [4.78, 5) is 18.5. The average molecular weight is 281 g/mol. The number of nitrogens with one attached hydrogen (secondary N) is 1. The summed E-state index contributed by atoms with van der Waals surface area (Å²) in [6.07, 6.45) is 3.37. The highest BCUT2D eigenvalue weighted by Gasteiger charge is 2.14. The van der Waals surface area contributed by atoms with Crippen LogP contribution >= 0.6 is 15.9 Å². The molecule has 0 aliphatic rings. The molecule has 0 spiro atoms. The van der Waals surface area contributed by atoms with E-state index < -0.39 is 5.97 Å². The molecule has 0 radical (unpaired) electrons. The molecule has 16 heavy (non-hydrogen) atoms. The Hall–Kier alpha value is -1.62. The van der Waals surface area contributed by atoms with Crippen LogP contribution in [0.4, 0.5) is 0 Å². The summed E-state index contributed by atoms with van der Waals surface area (Å²) in [5, 5.41) is 0. The molecule has 0 aliphatic heterocycles. The van der Waals surface area contributed by atoms with E-state index >= 15 is 0 Å². The summed E-state index contributed by atoms with van der Waals surface area (Å²) in [6, 6.07) is 5.50. The van der Waals surface area contributed by atoms with Gasteiger partial charge >= 0.3 is 5.97 Å². The Balaban J connectivity index is 2.44. The van der Waals surface area contributed by atoms with Gasteiger partial charge in [-0.25, -0.2) is 4.79 Å². The number of ether oxygens (including phenoxy) is 1. The number of aromatic nitrogens is 2. The number of pyridine rings is 1. The first kappa shape index (κ1) is 10.9. The molecule has 0 atom stereocenters. The van der Waals surface area contributed by atoms with Gasteiger partial charge in [0, 0.05) is 22.4 Å². The Morgan fingerprint density at radius 3 is 2.88 bits per heavy atom. The van der Waals surface area contributed by atoms with Crippen molar-refractivity contribution in [3.05, 3.63) is 40.8 Å². The normalized spacial score (nSPS) is 10.1. The topological polar surface area (TPSA) is 55.0 Å². The molecule has 2 rings (SSSR count). The van der Waals surface area contributed by atoms with E-state index in [1.807, 2.05) is 12.1 Å². The number of rotatable bonds is 2. The maximum absolute atomic E-state index is 11.4. The molecule has 0 saturated carbocycles. The van der Waals surface area contributed by atoms with Gasteiger partial charge in [-0.05, 0) is 34.1 Å². The summed E-state index contributed by atoms with van der Waals surface area (Å²) in [5.74, 6) is -0.398. The molecular weight excluding hydrogens is 272 g/mol. The van der Waals surface area contributed by atoms with Crippen molar-refractivity contribution < 1.29 is 9.53 Å². The van der Waals surface area contributed by atoms with Crippen molar-refractivity contribution in [2.24, 2.45) is 0 Å². The van der Waals surface area contributed by atoms with Crippen LogP contribution in [0.15, 0.2) is 35.1 Å². The molecule has 2 aromatic rings. The van der Waals surface area contributed by atoms with Crippen molar-refractivity contribution in [2.75, 3.05) is 7.11 Å². The maximum atomic E-state index is 11.4. The second kappa shape index (κ2) is 4.49. The number of esters is 1. The van der Waals surface area contributed by atoms with Crippen LogP contribution in [-0.4, -0.2) is 23.0 Å². The molecule has 0 amide bonds. The number of carbonyl (C=O) groups is 1. The highest BCUT2D eigenvalue weighted by molar-refractivity contribution is 9.10. The van der Waals surface area contributed by atoms with E-state index in [0.717, 1.165) is 15.7 Å². The van der Waals surface area contributed by atoms with Crippen LogP contribution in [0.2, 0.25) is 0 Å². The lowest BCUT2D eigenvalue weighted by Crippen LogP contribution is -2.03. The molecule has 0 saturated heterocycles. The minimum atomic E-state index is -0.398. The highest BCUT2D eigenvalue weighted by Crippen LogP contribution is 2.22. The molecule has 82 valence electrons. The predicted octanol–water partition coefficient (Wildman–Crippen LogP) is 2.63. The molecule has 2 heterocycles. The second-order valence-electron chi connectivity index (χ2n) is 3.12. The van der Waals surface area contributed by atoms with Gasteiger partial charge in [0.25, 0.3) is 0 Å². The molecule has 2 aromatic heterocycles. The van der Waals surface area contributed by atoms with Crippen LogP contribution in [0.25, 0.3) is 11.3 Å². The summed E-state index contributed by atoms with van der Waals surface area (Å²) < 4.78 is 5.57. The minimum Gasteiger partial charge on any atom is -0.464 e. The fourth-order valence-electron chi connectivity index (χ4n) is 1.39. The summed E-state index contributed by atoms with van der Waals surface area (Å²) in [5.41, 5.74) is 1.88. The largest absolute Gasteiger partial charge is 0.464 e. The molecular formula is C11H9BrN2O2. The smallest absolute Gasteiger partial charge is 0.355 e. The molecule has 1 N–H and O–H groups in total. The number of nitrogens with zero attached hydrogens (tertiary/aromatic N) is 1. The van der Waals surface area contributed by atoms with E-state index in [0.29, 0.717) is 5.69 Å². The van der Waals surface area contributed by atoms with Crippen molar-refractivity contribution in [2.45, 2.75) is 0 Å². The van der Waals surface area contributed by atoms with Crippen LogP contribution in [0, 0.1) is 0 Å². The van der Waals surface area contributed by atoms with Crippen LogP contribution < -0.4 is 0 Å². The molecule has 0 bridgehead atoms. The Bertz CT molecular complexity index is 505. The highest BCUT2D eigenvalue weighted by atomic mass is 79.9. The van der Waals surface area contributed by atoms with Crippen molar-refractivity contribution >= 4 is 21.9 Å². The van der Waals surface area contributed by atoms with E-state index in [1.54, 1.807) is 18.5 Å². The lowest BCUT2D eigenvalue weighted by Gasteiger charge is -2.01. The zero-order chi connectivity index (χ0) is 11.5. The van der Waals surface area contributed by atoms with Gasteiger partial charge in [-0.2, -0.15) is 0 Å². The Kier molecular flexibility index (Phi) is 3.05. The monoisotopic (exact) mass is 280 g/mol. The lowest BCUT2D eigenvalue weighted by molar-refractivity contribution is 0.0595. The van der Waals surface area contributed by atoms with E-state index in [4.69, 9.17) is 0 Å². The predicted molar refractivity (Wildman–Crippen MR) is 63.1 cm³/mol. The van der Waals surface area contributed by atoms with E-state index in [9.17, 15) is 4.79 Å². The molecule has 4 nitrogen and oxygen atoms in total. The number of H-pyrrole nitrogens is 1. The third-order valence-electron chi connectivity index (χ3n) is 2.14. The molecule has 0 aromatic carbocycles. The number of carbonyl (C=O) groups excluding carboxylic acids is 1. The fraction of sp³-hybridized carbons (Fsp3) is 0.0909. The van der Waals surface area contributed by atoms with Gasteiger partial charge in [-0.3, -0.25) is 4.98 Å². The number of methoxy groups -OCH3 is 1. The zero-order valence-electron chi connectivity index (χ0n) is 8.53. The summed E-state index contributed by atoms with van der Waals surface area (Å²) >= 11 is 3.31. The van der Waals surface area contributed by atoms with Gasteiger partial charge in [-0.15, -0.1) is 0 Å². The first-order valence-electron chi connectivity index (χ1n) is 4.60. The standard InChI is InChI=1S/C11H9BrN2O2/c1-16-11(15)10-8(4-5-13-10)9-3-2-7(12)6-14-9/h2-6,13H,1H3. The Labute approximate surface area is 101 Å². The average Bonchev–Trinajstić information content (AvgIpc) is 2.78. The number of hydrogen-bond acceptors (Lipinski definition) is 3. The quantitative estimate of drug-likeness (QED) is 0.861. The van der Waals surface area contributed by atoms with Crippen molar-refractivity contribution in [1.29, 1.82) is 0 Å². The molecule has 5 heteroatoms. The number of halogens is 1. The second-order valence-corrected chi connectivity index (χ2v) is 4.04. The van der Waals surface area contributed by atoms with Crippen LogP contribution in [0.1, 0.15) is 10.5 Å². The zero-order valence-corrected chi connectivity index (χ0v) is 10.1. The van der Waals surface area contributed by atoms with E-state index in [-0.39, 0.29) is 0 Å². The SMILES string of the molecule is COC(=O)c1[nH]ccc1-c1ccc(Br)cn1. The van der Waals surface area contributed by atoms with Gasteiger partial charge in [0.15, 0.2) is 0 Å². The number of aromatic amines is 1. The maximum Gasteiger partial charge on any atom is 0.355 e. The van der Waals surface area contributed by atoms with Crippen molar-refractivity contribution in [3.8, 4) is 11.3 Å². The summed E-state index contributed by atoms with van der Waals surface area (Å²) in [7, 11) is 1.35. The van der Waals surface area contributed by atoms with E-state index in [2.05, 4.69) is 30.6 Å². The van der Waals surface area contributed by atoms with Crippen molar-refractivity contribution in [3.63, 3.8) is 0 Å². The lowest BCUT2D eigenvalue weighted by atomic mass is 10.1. The van der Waals surface area contributed by atoms with Crippen LogP contribution in [0.5, 0.6) is 0 Å². The van der Waals surface area contributed by atoms with Crippen molar-refractivity contribution in [1.82, 2.24) is 9.97 Å². The third kappa shape index (κ3) is 1.99. The molecule has 0 unspecified atom stereocenters. The Morgan fingerprint density at radius 1 is 1.44 bits per heavy atom. The molecule has 0 fully saturated rings. The minimum absolute atomic E-state index is 0.398. The first-order chi connectivity index (χ1) is 7.72. The van der Waals surface area contributed by atoms with Crippen LogP contribution in [-0.2, 0) is 4.74 Å². The van der Waals surface area contributed by atoms with Gasteiger partial charge in [0.2, 0.25) is 0 Å². The van der Waals surface area contributed by atoms with Gasteiger partial charge in [-0.1, -0.05) is 0 Å². The first-order valence-corrected chi connectivity index (χ1v) is 5.39. The summed E-state index contributed by atoms with van der Waals surface area (Å²) in [6.45, 7) is 0. The molecule has 0 aliphatic carbocycles. The van der Waals surface area contributed by atoms with E-state index in [1.165, 1.54) is 7.11 Å². The fourth-order valence-corrected chi connectivity index (χ4v) is 1.62. The Morgan fingerprint density at radius 2 is 2.25 bits per heavy atom.